The second-order valence-electron chi connectivity index (χ2n) is 5.00. The van der Waals surface area contributed by atoms with E-state index in [9.17, 15) is 0 Å². The highest BCUT2D eigenvalue weighted by Crippen LogP contribution is 2.31. The number of nitrogens with zero attached hydrogens (tertiary/aromatic N) is 1. The number of hydrogen-bond acceptors (Lipinski definition) is 4. The zero-order valence-electron chi connectivity index (χ0n) is 11.4. The van der Waals surface area contributed by atoms with Crippen molar-refractivity contribution in [2.24, 2.45) is 0 Å². The fourth-order valence-corrected chi connectivity index (χ4v) is 2.88. The summed E-state index contributed by atoms with van der Waals surface area (Å²) in [5.41, 5.74) is 1.18. The van der Waals surface area contributed by atoms with Crippen LogP contribution in [0.2, 0.25) is 0 Å². The van der Waals surface area contributed by atoms with Gasteiger partial charge >= 0.3 is 0 Å². The summed E-state index contributed by atoms with van der Waals surface area (Å²) < 4.78 is 5.42. The Morgan fingerprint density at radius 2 is 2.11 bits per heavy atom. The Balaban J connectivity index is 2.27. The largest absolute Gasteiger partial charge is 0.462 e. The standard InChI is InChI=1S/C14H20N2OS/c1-9(2)13-12(8-15-10(3)4)18-14(16-13)11-6-5-7-17-11/h5-7,9-10,15H,8H2,1-4H3. The SMILES string of the molecule is CC(C)NCc1sc(-c2ccco2)nc1C(C)C. The van der Waals surface area contributed by atoms with Crippen LogP contribution in [0.4, 0.5) is 0 Å². The van der Waals surface area contributed by atoms with Crippen molar-refractivity contribution in [1.29, 1.82) is 0 Å². The van der Waals surface area contributed by atoms with E-state index in [1.54, 1.807) is 17.6 Å². The molecule has 0 unspecified atom stereocenters. The maximum Gasteiger partial charge on any atom is 0.162 e. The summed E-state index contributed by atoms with van der Waals surface area (Å²) in [6.45, 7) is 9.55. The van der Waals surface area contributed by atoms with Gasteiger partial charge in [-0.15, -0.1) is 11.3 Å². The Bertz CT molecular complexity index is 486. The summed E-state index contributed by atoms with van der Waals surface area (Å²) in [5.74, 6) is 1.30. The molecule has 4 heteroatoms. The van der Waals surface area contributed by atoms with Crippen molar-refractivity contribution in [2.45, 2.75) is 46.2 Å². The van der Waals surface area contributed by atoms with Crippen LogP contribution >= 0.6 is 11.3 Å². The second-order valence-corrected chi connectivity index (χ2v) is 6.08. The Morgan fingerprint density at radius 1 is 1.33 bits per heavy atom. The molecular formula is C14H20N2OS. The van der Waals surface area contributed by atoms with Gasteiger partial charge in [0.05, 0.1) is 12.0 Å². The average molecular weight is 264 g/mol. The molecule has 0 bridgehead atoms. The number of hydrogen-bond donors (Lipinski definition) is 1. The lowest BCUT2D eigenvalue weighted by molar-refractivity contribution is 0.581. The van der Waals surface area contributed by atoms with Crippen molar-refractivity contribution in [3.63, 3.8) is 0 Å². The fraction of sp³-hybridized carbons (Fsp3) is 0.500. The van der Waals surface area contributed by atoms with Gasteiger partial charge in [0, 0.05) is 17.5 Å². The predicted octanol–water partition coefficient (Wildman–Crippen LogP) is 4.02. The molecule has 0 spiro atoms. The smallest absolute Gasteiger partial charge is 0.162 e. The maximum atomic E-state index is 5.42. The van der Waals surface area contributed by atoms with E-state index in [1.165, 1.54) is 10.6 Å². The van der Waals surface area contributed by atoms with Crippen molar-refractivity contribution >= 4 is 11.3 Å². The van der Waals surface area contributed by atoms with Crippen LogP contribution < -0.4 is 5.32 Å². The molecule has 0 saturated carbocycles. The molecule has 0 atom stereocenters. The molecule has 2 heterocycles. The molecule has 0 aliphatic heterocycles. The van der Waals surface area contributed by atoms with Gasteiger partial charge in [-0.3, -0.25) is 0 Å². The van der Waals surface area contributed by atoms with Crippen LogP contribution in [0.1, 0.15) is 44.2 Å². The van der Waals surface area contributed by atoms with Gasteiger partial charge in [-0.05, 0) is 18.1 Å². The molecule has 0 fully saturated rings. The van der Waals surface area contributed by atoms with E-state index in [-0.39, 0.29) is 0 Å². The third-order valence-electron chi connectivity index (χ3n) is 2.68. The molecule has 0 radical (unpaired) electrons. The van der Waals surface area contributed by atoms with Gasteiger partial charge in [0.15, 0.2) is 10.8 Å². The third-order valence-corrected chi connectivity index (χ3v) is 3.76. The molecule has 2 aromatic heterocycles. The highest BCUT2D eigenvalue weighted by Gasteiger charge is 2.16. The molecule has 0 aliphatic rings. The molecule has 98 valence electrons. The summed E-state index contributed by atoms with van der Waals surface area (Å²) in [6, 6.07) is 4.35. The number of aromatic nitrogens is 1. The van der Waals surface area contributed by atoms with Crippen LogP contribution in [-0.4, -0.2) is 11.0 Å². The number of thiazole rings is 1. The van der Waals surface area contributed by atoms with Crippen molar-refractivity contribution in [3.8, 4) is 10.8 Å². The van der Waals surface area contributed by atoms with Crippen LogP contribution in [0.5, 0.6) is 0 Å². The lowest BCUT2D eigenvalue weighted by Gasteiger charge is -2.09. The highest BCUT2D eigenvalue weighted by atomic mass is 32.1. The summed E-state index contributed by atoms with van der Waals surface area (Å²) in [7, 11) is 0. The molecule has 0 aliphatic carbocycles. The normalized spacial score (nSPS) is 11.7. The summed E-state index contributed by atoms with van der Waals surface area (Å²) >= 11 is 1.72. The first-order chi connectivity index (χ1) is 8.58. The van der Waals surface area contributed by atoms with E-state index in [4.69, 9.17) is 9.40 Å². The van der Waals surface area contributed by atoms with Gasteiger partial charge < -0.3 is 9.73 Å². The van der Waals surface area contributed by atoms with Gasteiger partial charge in [-0.1, -0.05) is 27.7 Å². The molecule has 0 amide bonds. The van der Waals surface area contributed by atoms with Crippen LogP contribution in [-0.2, 0) is 6.54 Å². The second kappa shape index (κ2) is 5.67. The molecule has 1 N–H and O–H groups in total. The Hall–Kier alpha value is -1.13. The minimum atomic E-state index is 0.439. The summed E-state index contributed by atoms with van der Waals surface area (Å²) in [4.78, 5) is 6.03. The lowest BCUT2D eigenvalue weighted by Crippen LogP contribution is -2.22. The first-order valence-corrected chi connectivity index (χ1v) is 7.16. The summed E-state index contributed by atoms with van der Waals surface area (Å²) in [5, 5.41) is 4.43. The van der Waals surface area contributed by atoms with Crippen LogP contribution in [0.25, 0.3) is 10.8 Å². The Kier molecular flexibility index (Phi) is 4.19. The van der Waals surface area contributed by atoms with Gasteiger partial charge in [0.25, 0.3) is 0 Å². The van der Waals surface area contributed by atoms with Crippen LogP contribution in [0.15, 0.2) is 22.8 Å². The van der Waals surface area contributed by atoms with Crippen molar-refractivity contribution in [1.82, 2.24) is 10.3 Å². The van der Waals surface area contributed by atoms with Crippen molar-refractivity contribution in [2.75, 3.05) is 0 Å². The average Bonchev–Trinajstić information content (AvgIpc) is 2.94. The van der Waals surface area contributed by atoms with Crippen molar-refractivity contribution in [3.05, 3.63) is 29.0 Å². The monoisotopic (exact) mass is 264 g/mol. The number of furan rings is 1. The Morgan fingerprint density at radius 3 is 2.67 bits per heavy atom. The highest BCUT2D eigenvalue weighted by molar-refractivity contribution is 7.15. The molecule has 0 aromatic carbocycles. The molecule has 2 rings (SSSR count). The van der Waals surface area contributed by atoms with Crippen molar-refractivity contribution < 1.29 is 4.42 Å². The van der Waals surface area contributed by atoms with E-state index in [2.05, 4.69) is 33.0 Å². The van der Waals surface area contributed by atoms with E-state index in [1.807, 2.05) is 12.1 Å². The van der Waals surface area contributed by atoms with Gasteiger partial charge in [-0.2, -0.15) is 0 Å². The predicted molar refractivity (Wildman–Crippen MR) is 75.9 cm³/mol. The minimum absolute atomic E-state index is 0.439. The van der Waals surface area contributed by atoms with Crippen LogP contribution in [0.3, 0.4) is 0 Å². The van der Waals surface area contributed by atoms with Gasteiger partial charge in [0.1, 0.15) is 0 Å². The fourth-order valence-electron chi connectivity index (χ4n) is 1.74. The van der Waals surface area contributed by atoms with E-state index < -0.39 is 0 Å². The minimum Gasteiger partial charge on any atom is -0.462 e. The first kappa shape index (κ1) is 13.3. The van der Waals surface area contributed by atoms with E-state index >= 15 is 0 Å². The topological polar surface area (TPSA) is 38.1 Å². The first-order valence-electron chi connectivity index (χ1n) is 6.34. The number of rotatable bonds is 5. The quantitative estimate of drug-likeness (QED) is 0.886. The number of nitrogens with one attached hydrogen (secondary N) is 1. The Labute approximate surface area is 112 Å². The molecule has 3 nitrogen and oxygen atoms in total. The van der Waals surface area contributed by atoms with Crippen LogP contribution in [0, 0.1) is 0 Å². The van der Waals surface area contributed by atoms with Gasteiger partial charge in [-0.25, -0.2) is 4.98 Å². The lowest BCUT2D eigenvalue weighted by atomic mass is 10.1. The molecular weight excluding hydrogens is 244 g/mol. The van der Waals surface area contributed by atoms with Gasteiger partial charge in [0.2, 0.25) is 0 Å². The zero-order valence-corrected chi connectivity index (χ0v) is 12.2. The molecule has 0 saturated heterocycles. The van der Waals surface area contributed by atoms with E-state index in [0.29, 0.717) is 12.0 Å². The third kappa shape index (κ3) is 3.00. The zero-order chi connectivity index (χ0) is 13.1. The maximum absolute atomic E-state index is 5.42. The van der Waals surface area contributed by atoms with E-state index in [0.717, 1.165) is 17.3 Å². The molecule has 18 heavy (non-hydrogen) atoms. The molecule has 2 aromatic rings. The summed E-state index contributed by atoms with van der Waals surface area (Å²) in [6.07, 6.45) is 1.69.